The Labute approximate surface area is 182 Å². The average Bonchev–Trinajstić information content (AvgIpc) is 3.37. The van der Waals surface area contributed by atoms with Crippen LogP contribution in [0.1, 0.15) is 25.0 Å². The highest BCUT2D eigenvalue weighted by Gasteiger charge is 2.41. The molecular weight excluding hydrogens is 390 g/mol. The van der Waals surface area contributed by atoms with Crippen molar-refractivity contribution in [1.82, 2.24) is 30.0 Å². The lowest BCUT2D eigenvalue weighted by atomic mass is 9.77. The lowest BCUT2D eigenvalue weighted by Gasteiger charge is -2.40. The predicted octanol–water partition coefficient (Wildman–Crippen LogP) is 2.66. The smallest absolute Gasteiger partial charge is 0.165 e. The first-order valence-corrected chi connectivity index (χ1v) is 11.4. The Morgan fingerprint density at radius 2 is 1.97 bits per heavy atom. The molecule has 31 heavy (non-hydrogen) atoms. The van der Waals surface area contributed by atoms with Crippen LogP contribution in [0.15, 0.2) is 24.7 Å². The summed E-state index contributed by atoms with van der Waals surface area (Å²) in [6, 6.07) is 2.04. The molecule has 1 spiro atoms. The monoisotopic (exact) mass is 419 g/mol. The zero-order valence-electron chi connectivity index (χ0n) is 18.0. The number of aryl methyl sites for hydroxylation is 1. The van der Waals surface area contributed by atoms with Gasteiger partial charge in [-0.15, -0.1) is 0 Å². The van der Waals surface area contributed by atoms with Gasteiger partial charge in [0.05, 0.1) is 36.7 Å². The quantitative estimate of drug-likeness (QED) is 0.696. The van der Waals surface area contributed by atoms with Crippen molar-refractivity contribution in [3.63, 3.8) is 0 Å². The minimum Gasteiger partial charge on any atom is -0.381 e. The number of anilines is 1. The van der Waals surface area contributed by atoms with E-state index in [4.69, 9.17) is 14.7 Å². The van der Waals surface area contributed by atoms with E-state index in [9.17, 15) is 0 Å². The molecule has 3 saturated heterocycles. The molecule has 0 atom stereocenters. The molecule has 0 aromatic carbocycles. The van der Waals surface area contributed by atoms with Crippen LogP contribution >= 0.6 is 0 Å². The molecule has 0 unspecified atom stereocenters. The lowest BCUT2D eigenvalue weighted by Crippen LogP contribution is -2.43. The number of likely N-dealkylation sites (tertiary alicyclic amines) is 1. The summed E-state index contributed by atoms with van der Waals surface area (Å²) in [5.41, 5.74) is 3.29. The van der Waals surface area contributed by atoms with Gasteiger partial charge in [-0.2, -0.15) is 5.10 Å². The summed E-state index contributed by atoms with van der Waals surface area (Å²) in [5.74, 6) is 2.50. The van der Waals surface area contributed by atoms with E-state index in [1.807, 2.05) is 31.6 Å². The fourth-order valence-electron chi connectivity index (χ4n) is 5.44. The molecule has 8 nitrogen and oxygen atoms in total. The van der Waals surface area contributed by atoms with E-state index in [2.05, 4.69) is 25.0 Å². The Morgan fingerprint density at radius 1 is 1.13 bits per heavy atom. The lowest BCUT2D eigenvalue weighted by molar-refractivity contribution is -0.0452. The number of hydrogen-bond acceptors (Lipinski definition) is 7. The third kappa shape index (κ3) is 3.47. The number of ether oxygens (including phenoxy) is 1. The topological polar surface area (TPSA) is 83.1 Å². The second-order valence-corrected chi connectivity index (χ2v) is 9.55. The van der Waals surface area contributed by atoms with E-state index < -0.39 is 0 Å². The third-order valence-corrected chi connectivity index (χ3v) is 7.41. The van der Waals surface area contributed by atoms with Gasteiger partial charge in [0.2, 0.25) is 0 Å². The Morgan fingerprint density at radius 3 is 2.71 bits per heavy atom. The fourth-order valence-corrected chi connectivity index (χ4v) is 5.44. The number of pyridine rings is 1. The minimum absolute atomic E-state index is 0.468. The molecule has 3 fully saturated rings. The van der Waals surface area contributed by atoms with Crippen molar-refractivity contribution in [2.24, 2.45) is 11.3 Å². The zero-order valence-corrected chi connectivity index (χ0v) is 18.0. The molecule has 6 rings (SSSR count). The van der Waals surface area contributed by atoms with Crippen LogP contribution in [-0.2, 0) is 4.74 Å². The van der Waals surface area contributed by atoms with Crippen LogP contribution in [0.4, 0.5) is 5.82 Å². The van der Waals surface area contributed by atoms with Gasteiger partial charge in [-0.1, -0.05) is 0 Å². The first kappa shape index (κ1) is 19.1. The number of nitrogens with zero attached hydrogens (tertiary/aromatic N) is 6. The van der Waals surface area contributed by atoms with E-state index in [0.29, 0.717) is 5.41 Å². The molecule has 6 heterocycles. The van der Waals surface area contributed by atoms with Crippen LogP contribution in [0.3, 0.4) is 0 Å². The summed E-state index contributed by atoms with van der Waals surface area (Å²) in [7, 11) is 0. The highest BCUT2D eigenvalue weighted by molar-refractivity contribution is 5.90. The Bertz CT molecular complexity index is 1080. The Balaban J connectivity index is 1.24. The number of H-pyrrole nitrogens is 1. The molecule has 3 aromatic heterocycles. The minimum atomic E-state index is 0.468. The van der Waals surface area contributed by atoms with E-state index >= 15 is 0 Å². The molecule has 0 radical (unpaired) electrons. The maximum absolute atomic E-state index is 5.37. The van der Waals surface area contributed by atoms with Gasteiger partial charge in [-0.05, 0) is 44.2 Å². The van der Waals surface area contributed by atoms with Crippen molar-refractivity contribution >= 4 is 16.7 Å². The molecule has 3 aromatic rings. The average molecular weight is 420 g/mol. The second kappa shape index (κ2) is 7.53. The van der Waals surface area contributed by atoms with Gasteiger partial charge in [0.15, 0.2) is 5.82 Å². The van der Waals surface area contributed by atoms with Crippen molar-refractivity contribution in [3.05, 3.63) is 30.4 Å². The van der Waals surface area contributed by atoms with Crippen molar-refractivity contribution < 1.29 is 4.74 Å². The molecule has 0 bridgehead atoms. The molecule has 0 amide bonds. The summed E-state index contributed by atoms with van der Waals surface area (Å²) in [5, 5.41) is 8.24. The maximum atomic E-state index is 5.37. The van der Waals surface area contributed by atoms with E-state index in [1.54, 1.807) is 0 Å². The van der Waals surface area contributed by atoms with Gasteiger partial charge in [0.1, 0.15) is 5.82 Å². The number of rotatable bonds is 4. The first-order chi connectivity index (χ1) is 15.2. The first-order valence-electron chi connectivity index (χ1n) is 11.4. The van der Waals surface area contributed by atoms with E-state index in [0.717, 1.165) is 66.0 Å². The van der Waals surface area contributed by atoms with Gasteiger partial charge in [-0.25, -0.2) is 9.97 Å². The van der Waals surface area contributed by atoms with Gasteiger partial charge in [0, 0.05) is 49.4 Å². The van der Waals surface area contributed by atoms with Gasteiger partial charge < -0.3 is 14.5 Å². The highest BCUT2D eigenvalue weighted by Crippen LogP contribution is 2.42. The fraction of sp³-hybridized carbons (Fsp3) is 0.565. The number of aromatic amines is 1. The van der Waals surface area contributed by atoms with Gasteiger partial charge >= 0.3 is 0 Å². The van der Waals surface area contributed by atoms with Crippen LogP contribution in [0.5, 0.6) is 0 Å². The standard InChI is InChI=1S/C23H29N7O/c1-16-19(10-25-28-16)21-26-20-11-24-6-2-18(20)22(27-21)30-8-4-23(5-9-30)3-7-29(15-23)12-17-13-31-14-17/h2,6,10-11,17H,3-5,7-9,12-15H2,1H3,(H,25,28). The van der Waals surface area contributed by atoms with E-state index in [1.165, 1.54) is 38.9 Å². The normalized spacial score (nSPS) is 21.8. The largest absolute Gasteiger partial charge is 0.381 e. The highest BCUT2D eigenvalue weighted by atomic mass is 16.5. The molecular formula is C23H29N7O. The van der Waals surface area contributed by atoms with Crippen LogP contribution in [0.2, 0.25) is 0 Å². The van der Waals surface area contributed by atoms with Gasteiger partial charge in [-0.3, -0.25) is 10.1 Å². The number of aromatic nitrogens is 5. The van der Waals surface area contributed by atoms with Crippen LogP contribution in [0.25, 0.3) is 22.3 Å². The van der Waals surface area contributed by atoms with Gasteiger partial charge in [0.25, 0.3) is 0 Å². The van der Waals surface area contributed by atoms with Crippen LogP contribution in [-0.4, -0.2) is 76.0 Å². The second-order valence-electron chi connectivity index (χ2n) is 9.55. The number of piperidine rings is 1. The summed E-state index contributed by atoms with van der Waals surface area (Å²) < 4.78 is 5.37. The Kier molecular flexibility index (Phi) is 4.65. The molecule has 0 saturated carbocycles. The van der Waals surface area contributed by atoms with Crippen LogP contribution in [0, 0.1) is 18.3 Å². The number of nitrogens with one attached hydrogen (secondary N) is 1. The summed E-state index contributed by atoms with van der Waals surface area (Å²) in [6.45, 7) is 9.68. The van der Waals surface area contributed by atoms with Crippen LogP contribution < -0.4 is 4.90 Å². The van der Waals surface area contributed by atoms with Crippen molar-refractivity contribution in [1.29, 1.82) is 0 Å². The Hall–Kier alpha value is -2.58. The summed E-state index contributed by atoms with van der Waals surface area (Å²) in [6.07, 6.45) is 9.25. The molecule has 0 aliphatic carbocycles. The number of fused-ring (bicyclic) bond motifs is 1. The molecule has 162 valence electrons. The summed E-state index contributed by atoms with van der Waals surface area (Å²) in [4.78, 5) is 19.2. The molecule has 8 heteroatoms. The van der Waals surface area contributed by atoms with E-state index in [-0.39, 0.29) is 0 Å². The molecule has 3 aliphatic heterocycles. The predicted molar refractivity (Wildman–Crippen MR) is 119 cm³/mol. The van der Waals surface area contributed by atoms with Crippen molar-refractivity contribution in [2.45, 2.75) is 26.2 Å². The molecule has 3 aliphatic rings. The summed E-state index contributed by atoms with van der Waals surface area (Å²) >= 11 is 0. The number of hydrogen-bond donors (Lipinski definition) is 1. The third-order valence-electron chi connectivity index (χ3n) is 7.41. The maximum Gasteiger partial charge on any atom is 0.165 e. The van der Waals surface area contributed by atoms with Crippen molar-refractivity contribution in [3.8, 4) is 11.4 Å². The van der Waals surface area contributed by atoms with Crippen molar-refractivity contribution in [2.75, 3.05) is 50.8 Å². The zero-order chi connectivity index (χ0) is 20.8. The SMILES string of the molecule is Cc1[nH]ncc1-c1nc(N2CCC3(CCN(CC4COC4)C3)CC2)c2ccncc2n1. The molecule has 1 N–H and O–H groups in total.